The summed E-state index contributed by atoms with van der Waals surface area (Å²) in [5, 5.41) is 23.5. The normalized spacial score (nSPS) is 14.1. The van der Waals surface area contributed by atoms with E-state index in [2.05, 4.69) is 44.3 Å². The molecule has 0 aliphatic heterocycles. The average Bonchev–Trinajstić information content (AvgIpc) is 3.15. The van der Waals surface area contributed by atoms with E-state index >= 15 is 0 Å². The van der Waals surface area contributed by atoms with E-state index in [0.717, 1.165) is 57.8 Å². The van der Waals surface area contributed by atoms with Crippen molar-refractivity contribution in [1.29, 1.82) is 0 Å². The largest absolute Gasteiger partial charge is 0.461 e. The van der Waals surface area contributed by atoms with E-state index in [0.29, 0.717) is 19.3 Å². The van der Waals surface area contributed by atoms with Crippen LogP contribution in [0.25, 0.3) is 0 Å². The Labute approximate surface area is 326 Å². The van der Waals surface area contributed by atoms with Gasteiger partial charge in [0.2, 0.25) is 5.91 Å². The minimum Gasteiger partial charge on any atom is -0.461 e. The first-order valence-corrected chi connectivity index (χ1v) is 21.7. The van der Waals surface area contributed by atoms with E-state index in [4.69, 9.17) is 4.74 Å². The first-order chi connectivity index (χ1) is 26.0. The number of hydrogen-bond donors (Lipinski definition) is 3. The van der Waals surface area contributed by atoms with E-state index in [-0.39, 0.29) is 24.9 Å². The summed E-state index contributed by atoms with van der Waals surface area (Å²) in [6.45, 7) is 6.23. The maximum Gasteiger partial charge on any atom is 0.306 e. The Morgan fingerprint density at radius 1 is 0.585 bits per heavy atom. The zero-order chi connectivity index (χ0) is 38.9. The van der Waals surface area contributed by atoms with Crippen molar-refractivity contribution >= 4 is 11.9 Å². The molecule has 304 valence electrons. The molecule has 3 N–H and O–H groups in total. The third-order valence-corrected chi connectivity index (χ3v) is 9.40. The summed E-state index contributed by atoms with van der Waals surface area (Å²) in [4.78, 5) is 25.8. The van der Waals surface area contributed by atoms with Crippen LogP contribution in [-0.4, -0.2) is 46.9 Å². The maximum absolute atomic E-state index is 13.1. The van der Waals surface area contributed by atoms with Crippen LogP contribution in [-0.2, 0) is 14.3 Å². The van der Waals surface area contributed by atoms with Crippen LogP contribution in [0.2, 0.25) is 0 Å². The second-order valence-electron chi connectivity index (χ2n) is 14.5. The molecule has 0 spiro atoms. The molecule has 0 aromatic carbocycles. The fourth-order valence-electron chi connectivity index (χ4n) is 6.09. The minimum atomic E-state index is -0.819. The summed E-state index contributed by atoms with van der Waals surface area (Å²) in [5.74, 6) is -0.626. The number of carbonyl (C=O) groups excluding carboxylic acids is 2. The molecule has 3 atom stereocenters. The topological polar surface area (TPSA) is 95.9 Å². The number of carbonyl (C=O) groups is 2. The Morgan fingerprint density at radius 3 is 1.62 bits per heavy atom. The molecule has 53 heavy (non-hydrogen) atoms. The van der Waals surface area contributed by atoms with E-state index in [9.17, 15) is 19.8 Å². The third-order valence-electron chi connectivity index (χ3n) is 9.40. The lowest BCUT2D eigenvalue weighted by atomic mass is 10.0. The van der Waals surface area contributed by atoms with E-state index in [1.165, 1.54) is 83.5 Å². The van der Waals surface area contributed by atoms with Crippen molar-refractivity contribution in [2.75, 3.05) is 6.61 Å². The van der Waals surface area contributed by atoms with Crippen LogP contribution < -0.4 is 5.32 Å². The fourth-order valence-corrected chi connectivity index (χ4v) is 6.09. The summed E-state index contributed by atoms with van der Waals surface area (Å²) in [6, 6.07) is -0.740. The summed E-state index contributed by atoms with van der Waals surface area (Å²) in [7, 11) is 0. The van der Waals surface area contributed by atoms with Crippen molar-refractivity contribution in [1.82, 2.24) is 5.32 Å². The highest BCUT2D eigenvalue weighted by molar-refractivity contribution is 5.77. The predicted octanol–water partition coefficient (Wildman–Crippen LogP) is 12.3. The number of unbranched alkanes of at least 4 members (excludes halogenated alkanes) is 18. The number of rotatable bonds is 37. The number of nitrogens with one attached hydrogen (secondary N) is 1. The molecule has 0 aromatic heterocycles. The molecule has 1 amide bonds. The third kappa shape index (κ3) is 36.1. The number of ether oxygens (including phenoxy) is 1. The number of aliphatic hydroxyl groups excluding tert-OH is 2. The monoisotopic (exact) mass is 740 g/mol. The summed E-state index contributed by atoms with van der Waals surface area (Å²) in [5.41, 5.74) is 0. The quantitative estimate of drug-likeness (QED) is 0.0255. The standard InChI is InChI=1S/C47H81NO5/c1-4-7-10-13-16-19-22-25-28-31-34-37-40-47(52)53-43(38-35-32-29-26-23-20-17-14-11-8-5-2)41-46(51)48-44(42-49)45(50)39-36-33-30-27-24-21-18-15-12-9-6-3/h8,11,14,16-17,19-20,23,26,29,32,35,43-45,49-50H,4-7,9-10,12-13,15,18,21-22,24-25,27-28,30-31,33-34,36-42H2,1-3H3,(H,48,51)/b11-8+,17-14+,19-16-,23-20-,29-26-,35-32+. The van der Waals surface area contributed by atoms with Gasteiger partial charge in [0, 0.05) is 12.8 Å². The molecule has 3 unspecified atom stereocenters. The highest BCUT2D eigenvalue weighted by Gasteiger charge is 2.23. The van der Waals surface area contributed by atoms with Gasteiger partial charge < -0.3 is 20.3 Å². The molecule has 0 rings (SSSR count). The second-order valence-corrected chi connectivity index (χ2v) is 14.5. The average molecular weight is 740 g/mol. The molecule has 0 radical (unpaired) electrons. The molecule has 0 aromatic rings. The molecule has 0 aliphatic rings. The lowest BCUT2D eigenvalue weighted by molar-refractivity contribution is -0.150. The first-order valence-electron chi connectivity index (χ1n) is 21.7. The maximum atomic E-state index is 13.1. The van der Waals surface area contributed by atoms with Crippen molar-refractivity contribution < 1.29 is 24.5 Å². The van der Waals surface area contributed by atoms with Crippen LogP contribution in [0, 0.1) is 0 Å². The zero-order valence-corrected chi connectivity index (χ0v) is 34.4. The van der Waals surface area contributed by atoms with Crippen molar-refractivity contribution in [2.24, 2.45) is 0 Å². The molecule has 0 fully saturated rings. The van der Waals surface area contributed by atoms with Gasteiger partial charge in [-0.1, -0.05) is 196 Å². The van der Waals surface area contributed by atoms with Crippen molar-refractivity contribution in [3.63, 3.8) is 0 Å². The van der Waals surface area contributed by atoms with Gasteiger partial charge in [0.15, 0.2) is 0 Å². The highest BCUT2D eigenvalue weighted by Crippen LogP contribution is 2.15. The Morgan fingerprint density at radius 2 is 1.06 bits per heavy atom. The van der Waals surface area contributed by atoms with Gasteiger partial charge in [-0.25, -0.2) is 0 Å². The summed E-state index contributed by atoms with van der Waals surface area (Å²) < 4.78 is 5.79. The molecule has 6 nitrogen and oxygen atoms in total. The van der Waals surface area contributed by atoms with Crippen molar-refractivity contribution in [3.05, 3.63) is 72.9 Å². The molecular formula is C47H81NO5. The Bertz CT molecular complexity index is 1010. The molecule has 0 aliphatic carbocycles. The lowest BCUT2D eigenvalue weighted by Crippen LogP contribution is -2.46. The summed E-state index contributed by atoms with van der Waals surface area (Å²) >= 11 is 0. The highest BCUT2D eigenvalue weighted by atomic mass is 16.5. The SMILES string of the molecule is CC/C=C/C=C/C=C\C=C/C=C/CC(CC(=O)NC(CO)C(O)CCCCCCCCCCCCC)OC(=O)CCCCCCC/C=C\CCCCC. The van der Waals surface area contributed by atoms with Gasteiger partial charge in [0.25, 0.3) is 0 Å². The Balaban J connectivity index is 4.77. The van der Waals surface area contributed by atoms with Gasteiger partial charge >= 0.3 is 5.97 Å². The van der Waals surface area contributed by atoms with Crippen LogP contribution in [0.15, 0.2) is 72.9 Å². The van der Waals surface area contributed by atoms with Gasteiger partial charge in [-0.15, -0.1) is 0 Å². The van der Waals surface area contributed by atoms with E-state index < -0.39 is 18.2 Å². The van der Waals surface area contributed by atoms with Crippen LogP contribution in [0.1, 0.15) is 188 Å². The molecule has 6 heteroatoms. The Hall–Kier alpha value is -2.70. The smallest absolute Gasteiger partial charge is 0.306 e. The number of esters is 1. The number of aliphatic hydroxyl groups is 2. The van der Waals surface area contributed by atoms with Crippen LogP contribution >= 0.6 is 0 Å². The van der Waals surface area contributed by atoms with E-state index in [1.54, 1.807) is 0 Å². The number of allylic oxidation sites excluding steroid dienone is 11. The molecular weight excluding hydrogens is 659 g/mol. The van der Waals surface area contributed by atoms with Gasteiger partial charge in [-0.3, -0.25) is 9.59 Å². The first kappa shape index (κ1) is 50.3. The molecule has 0 saturated carbocycles. The summed E-state index contributed by atoms with van der Waals surface area (Å²) in [6.07, 6.45) is 49.8. The van der Waals surface area contributed by atoms with Gasteiger partial charge in [-0.05, 0) is 44.9 Å². The molecule has 0 saturated heterocycles. The number of hydrogen-bond acceptors (Lipinski definition) is 5. The Kier molecular flexibility index (Phi) is 38.4. The predicted molar refractivity (Wildman–Crippen MR) is 227 cm³/mol. The van der Waals surface area contributed by atoms with E-state index in [1.807, 2.05) is 54.7 Å². The van der Waals surface area contributed by atoms with Crippen LogP contribution in [0.3, 0.4) is 0 Å². The number of amides is 1. The lowest BCUT2D eigenvalue weighted by Gasteiger charge is -2.24. The van der Waals surface area contributed by atoms with Crippen LogP contribution in [0.5, 0.6) is 0 Å². The van der Waals surface area contributed by atoms with Crippen molar-refractivity contribution in [3.8, 4) is 0 Å². The van der Waals surface area contributed by atoms with Crippen molar-refractivity contribution in [2.45, 2.75) is 206 Å². The van der Waals surface area contributed by atoms with Crippen LogP contribution in [0.4, 0.5) is 0 Å². The van der Waals surface area contributed by atoms with Gasteiger partial charge in [0.05, 0.1) is 25.2 Å². The fraction of sp³-hybridized carbons (Fsp3) is 0.702. The van der Waals surface area contributed by atoms with Gasteiger partial charge in [0.1, 0.15) is 6.10 Å². The van der Waals surface area contributed by atoms with Gasteiger partial charge in [-0.2, -0.15) is 0 Å². The molecule has 0 heterocycles. The second kappa shape index (κ2) is 40.5. The minimum absolute atomic E-state index is 0.0244. The zero-order valence-electron chi connectivity index (χ0n) is 34.4. The molecule has 0 bridgehead atoms.